The molecule has 0 saturated heterocycles. The molecule has 0 bridgehead atoms. The van der Waals surface area contributed by atoms with E-state index in [1.807, 2.05) is 38.1 Å². The van der Waals surface area contributed by atoms with Gasteiger partial charge in [0.15, 0.2) is 5.82 Å². The van der Waals surface area contributed by atoms with Gasteiger partial charge in [0, 0.05) is 12.1 Å². The molecule has 0 atom stereocenters. The lowest BCUT2D eigenvalue weighted by Crippen LogP contribution is -2.29. The summed E-state index contributed by atoms with van der Waals surface area (Å²) in [6.07, 6.45) is 0.687. The van der Waals surface area contributed by atoms with Gasteiger partial charge in [-0.1, -0.05) is 29.8 Å². The highest BCUT2D eigenvalue weighted by atomic mass is 16.5. The Morgan fingerprint density at radius 3 is 2.60 bits per heavy atom. The van der Waals surface area contributed by atoms with E-state index in [1.54, 1.807) is 4.90 Å². The number of anilines is 1. The van der Waals surface area contributed by atoms with E-state index in [0.717, 1.165) is 11.3 Å². The van der Waals surface area contributed by atoms with Crippen LogP contribution in [-0.4, -0.2) is 27.8 Å². The summed E-state index contributed by atoms with van der Waals surface area (Å²) in [6, 6.07) is 7.65. The zero-order chi connectivity index (χ0) is 14.5. The molecule has 0 fully saturated rings. The van der Waals surface area contributed by atoms with Gasteiger partial charge in [0.1, 0.15) is 6.54 Å². The summed E-state index contributed by atoms with van der Waals surface area (Å²) < 4.78 is 5.12. The molecule has 0 amide bonds. The topological polar surface area (TPSA) is 79.5 Å². The van der Waals surface area contributed by atoms with Crippen molar-refractivity contribution in [2.24, 2.45) is 0 Å². The number of benzene rings is 1. The molecule has 0 unspecified atom stereocenters. The molecule has 1 aromatic carbocycles. The van der Waals surface area contributed by atoms with Crippen molar-refractivity contribution in [3.05, 3.63) is 41.5 Å². The molecule has 0 aliphatic carbocycles. The van der Waals surface area contributed by atoms with E-state index >= 15 is 0 Å². The van der Waals surface area contributed by atoms with Crippen molar-refractivity contribution >= 4 is 11.7 Å². The molecule has 0 saturated carbocycles. The van der Waals surface area contributed by atoms with Crippen LogP contribution in [-0.2, 0) is 17.8 Å². The lowest BCUT2D eigenvalue weighted by atomic mass is 10.2. The van der Waals surface area contributed by atoms with Gasteiger partial charge in [-0.2, -0.15) is 4.98 Å². The molecule has 0 spiro atoms. The van der Waals surface area contributed by atoms with Crippen molar-refractivity contribution < 1.29 is 14.4 Å². The van der Waals surface area contributed by atoms with Crippen LogP contribution in [0.25, 0.3) is 0 Å². The van der Waals surface area contributed by atoms with Gasteiger partial charge >= 0.3 is 5.97 Å². The van der Waals surface area contributed by atoms with Gasteiger partial charge in [-0.05, 0) is 19.1 Å². The number of aryl methyl sites for hydroxylation is 2. The smallest absolute Gasteiger partial charge is 0.323 e. The summed E-state index contributed by atoms with van der Waals surface area (Å²) in [7, 11) is 0. The van der Waals surface area contributed by atoms with Gasteiger partial charge in [-0.3, -0.25) is 4.79 Å². The van der Waals surface area contributed by atoms with Crippen molar-refractivity contribution in [1.82, 2.24) is 10.1 Å². The zero-order valence-electron chi connectivity index (χ0n) is 11.5. The lowest BCUT2D eigenvalue weighted by molar-refractivity contribution is -0.135. The molecular weight excluding hydrogens is 258 g/mol. The molecule has 0 radical (unpaired) electrons. The van der Waals surface area contributed by atoms with Gasteiger partial charge < -0.3 is 14.5 Å². The zero-order valence-corrected chi connectivity index (χ0v) is 11.5. The second-order valence-corrected chi connectivity index (χ2v) is 4.54. The normalized spacial score (nSPS) is 10.5. The standard InChI is InChI=1S/C14H17N3O3/c1-3-12-15-13(20-16-12)8-17(9-14(18)19)11-6-4-10(2)5-7-11/h4-7H,3,8-9H2,1-2H3,(H,18,19). The van der Waals surface area contributed by atoms with E-state index in [9.17, 15) is 4.79 Å². The molecule has 6 nitrogen and oxygen atoms in total. The number of aromatic nitrogens is 2. The summed E-state index contributed by atoms with van der Waals surface area (Å²) >= 11 is 0. The molecule has 2 aromatic rings. The summed E-state index contributed by atoms with van der Waals surface area (Å²) in [5.41, 5.74) is 1.93. The van der Waals surface area contributed by atoms with Crippen LogP contribution in [0.2, 0.25) is 0 Å². The van der Waals surface area contributed by atoms with E-state index in [4.69, 9.17) is 9.63 Å². The number of carboxylic acids is 1. The van der Waals surface area contributed by atoms with Crippen LogP contribution in [0.15, 0.2) is 28.8 Å². The van der Waals surface area contributed by atoms with Crippen molar-refractivity contribution in [3.63, 3.8) is 0 Å². The third kappa shape index (κ3) is 3.57. The van der Waals surface area contributed by atoms with E-state index in [0.29, 0.717) is 18.1 Å². The minimum Gasteiger partial charge on any atom is -0.480 e. The number of aliphatic carboxylic acids is 1. The van der Waals surface area contributed by atoms with Gasteiger partial charge in [0.05, 0.1) is 6.54 Å². The maximum absolute atomic E-state index is 11.0. The quantitative estimate of drug-likeness (QED) is 0.869. The Morgan fingerprint density at radius 1 is 1.35 bits per heavy atom. The summed E-state index contributed by atoms with van der Waals surface area (Å²) in [5.74, 6) is 0.142. The highest BCUT2D eigenvalue weighted by molar-refractivity contribution is 5.73. The number of carbonyl (C=O) groups is 1. The van der Waals surface area contributed by atoms with Crippen LogP contribution < -0.4 is 4.90 Å². The number of nitrogens with zero attached hydrogens (tertiary/aromatic N) is 3. The molecule has 106 valence electrons. The average Bonchev–Trinajstić information content (AvgIpc) is 2.86. The molecule has 6 heteroatoms. The van der Waals surface area contributed by atoms with E-state index in [1.165, 1.54) is 0 Å². The number of rotatable bonds is 6. The molecule has 1 N–H and O–H groups in total. The Morgan fingerprint density at radius 2 is 2.05 bits per heavy atom. The Bertz CT molecular complexity index is 578. The van der Waals surface area contributed by atoms with E-state index < -0.39 is 5.97 Å². The van der Waals surface area contributed by atoms with Crippen LogP contribution in [0.4, 0.5) is 5.69 Å². The molecule has 1 heterocycles. The highest BCUT2D eigenvalue weighted by Gasteiger charge is 2.15. The first-order valence-electron chi connectivity index (χ1n) is 6.43. The fourth-order valence-corrected chi connectivity index (χ4v) is 1.82. The maximum atomic E-state index is 11.0. The Labute approximate surface area is 117 Å². The minimum absolute atomic E-state index is 0.118. The second kappa shape index (κ2) is 6.18. The minimum atomic E-state index is -0.902. The molecule has 2 rings (SSSR count). The van der Waals surface area contributed by atoms with Crippen LogP contribution in [0, 0.1) is 6.92 Å². The molecule has 1 aromatic heterocycles. The molecule has 0 aliphatic heterocycles. The first kappa shape index (κ1) is 14.0. The van der Waals surface area contributed by atoms with Gasteiger partial charge in [0.2, 0.25) is 5.89 Å². The van der Waals surface area contributed by atoms with Crippen LogP contribution in [0.1, 0.15) is 24.2 Å². The fraction of sp³-hybridized carbons (Fsp3) is 0.357. The average molecular weight is 275 g/mol. The lowest BCUT2D eigenvalue weighted by Gasteiger charge is -2.20. The van der Waals surface area contributed by atoms with Gasteiger partial charge in [0.25, 0.3) is 0 Å². The maximum Gasteiger partial charge on any atom is 0.323 e. The molecule has 0 aliphatic rings. The first-order chi connectivity index (χ1) is 9.58. The molecule has 20 heavy (non-hydrogen) atoms. The third-order valence-electron chi connectivity index (χ3n) is 2.88. The second-order valence-electron chi connectivity index (χ2n) is 4.54. The van der Waals surface area contributed by atoms with Crippen molar-refractivity contribution in [1.29, 1.82) is 0 Å². The Balaban J connectivity index is 2.18. The third-order valence-corrected chi connectivity index (χ3v) is 2.88. The summed E-state index contributed by atoms with van der Waals surface area (Å²) in [4.78, 5) is 16.9. The van der Waals surface area contributed by atoms with Gasteiger partial charge in [-0.25, -0.2) is 0 Å². The van der Waals surface area contributed by atoms with Crippen LogP contribution in [0.3, 0.4) is 0 Å². The molecular formula is C14H17N3O3. The van der Waals surface area contributed by atoms with Crippen molar-refractivity contribution in [2.45, 2.75) is 26.8 Å². The predicted octanol–water partition coefficient (Wildman–Crippen LogP) is 2.03. The first-order valence-corrected chi connectivity index (χ1v) is 6.43. The van der Waals surface area contributed by atoms with Crippen molar-refractivity contribution in [3.8, 4) is 0 Å². The van der Waals surface area contributed by atoms with E-state index in [2.05, 4.69) is 10.1 Å². The highest BCUT2D eigenvalue weighted by Crippen LogP contribution is 2.17. The van der Waals surface area contributed by atoms with Crippen molar-refractivity contribution in [2.75, 3.05) is 11.4 Å². The largest absolute Gasteiger partial charge is 0.480 e. The van der Waals surface area contributed by atoms with E-state index in [-0.39, 0.29) is 13.1 Å². The fourth-order valence-electron chi connectivity index (χ4n) is 1.82. The van der Waals surface area contributed by atoms with Crippen LogP contribution >= 0.6 is 0 Å². The Hall–Kier alpha value is -2.37. The predicted molar refractivity (Wildman–Crippen MR) is 73.5 cm³/mol. The van der Waals surface area contributed by atoms with Crippen LogP contribution in [0.5, 0.6) is 0 Å². The number of hydrogen-bond acceptors (Lipinski definition) is 5. The number of hydrogen-bond donors (Lipinski definition) is 1. The summed E-state index contributed by atoms with van der Waals surface area (Å²) in [5, 5.41) is 12.8. The van der Waals surface area contributed by atoms with Gasteiger partial charge in [-0.15, -0.1) is 0 Å². The monoisotopic (exact) mass is 275 g/mol. The number of carboxylic acid groups (broad SMARTS) is 1. The Kier molecular flexibility index (Phi) is 4.34. The SMILES string of the molecule is CCc1noc(CN(CC(=O)O)c2ccc(C)cc2)n1. The summed E-state index contributed by atoms with van der Waals surface area (Å²) in [6.45, 7) is 4.08.